The average molecular weight is 351 g/mol. The quantitative estimate of drug-likeness (QED) is 0.862. The third-order valence-corrected chi connectivity index (χ3v) is 4.97. The second-order valence-electron chi connectivity index (χ2n) is 6.17. The molecule has 4 nitrogen and oxygen atoms in total. The van der Waals surface area contributed by atoms with Crippen molar-refractivity contribution in [1.29, 1.82) is 0 Å². The van der Waals surface area contributed by atoms with E-state index in [2.05, 4.69) is 26.2 Å². The smallest absolute Gasteiger partial charge is 0.311 e. The number of rotatable bonds is 4. The van der Waals surface area contributed by atoms with E-state index in [9.17, 15) is 9.90 Å². The van der Waals surface area contributed by atoms with Gasteiger partial charge in [-0.1, -0.05) is 28.1 Å². The van der Waals surface area contributed by atoms with E-state index >= 15 is 0 Å². The molecule has 1 heterocycles. The highest BCUT2D eigenvalue weighted by Crippen LogP contribution is 2.36. The molecule has 0 saturated heterocycles. The van der Waals surface area contributed by atoms with E-state index in [0.717, 1.165) is 15.2 Å². The van der Waals surface area contributed by atoms with Crippen molar-refractivity contribution < 1.29 is 9.90 Å². The number of carbonyl (C=O) groups is 1. The number of pyridine rings is 1. The molecule has 0 fully saturated rings. The van der Waals surface area contributed by atoms with Crippen LogP contribution in [-0.2, 0) is 4.79 Å². The summed E-state index contributed by atoms with van der Waals surface area (Å²) in [6, 6.07) is 7.81. The van der Waals surface area contributed by atoms with Crippen LogP contribution in [0.1, 0.15) is 27.7 Å². The highest BCUT2D eigenvalue weighted by Gasteiger charge is 2.43. The van der Waals surface area contributed by atoms with Gasteiger partial charge in [-0.3, -0.25) is 4.79 Å². The van der Waals surface area contributed by atoms with Gasteiger partial charge in [0, 0.05) is 27.0 Å². The number of carboxylic acids is 1. The Morgan fingerprint density at radius 2 is 1.86 bits per heavy atom. The molecular formula is C16H19BrN2O2. The molecule has 0 bridgehead atoms. The topological polar surface area (TPSA) is 62.2 Å². The summed E-state index contributed by atoms with van der Waals surface area (Å²) in [5.41, 5.74) is -1.61. The van der Waals surface area contributed by atoms with Gasteiger partial charge in [0.05, 0.1) is 5.41 Å². The molecule has 1 aromatic heterocycles. The number of hydrogen-bond acceptors (Lipinski definition) is 3. The van der Waals surface area contributed by atoms with Gasteiger partial charge >= 0.3 is 5.97 Å². The van der Waals surface area contributed by atoms with Crippen LogP contribution in [0.5, 0.6) is 0 Å². The second-order valence-corrected chi connectivity index (χ2v) is 7.03. The van der Waals surface area contributed by atoms with Gasteiger partial charge in [0.15, 0.2) is 0 Å². The minimum absolute atomic E-state index is 0.664. The van der Waals surface area contributed by atoms with Crippen molar-refractivity contribution in [2.24, 2.45) is 5.41 Å². The molecule has 0 spiro atoms. The number of benzene rings is 1. The number of halogens is 1. The Kier molecular flexibility index (Phi) is 3.97. The first-order chi connectivity index (χ1) is 9.67. The van der Waals surface area contributed by atoms with E-state index in [0.29, 0.717) is 5.82 Å². The van der Waals surface area contributed by atoms with Gasteiger partial charge in [-0.25, -0.2) is 4.98 Å². The van der Waals surface area contributed by atoms with Crippen LogP contribution >= 0.6 is 15.9 Å². The third kappa shape index (κ3) is 2.75. The van der Waals surface area contributed by atoms with Crippen LogP contribution < -0.4 is 5.32 Å². The van der Waals surface area contributed by atoms with Gasteiger partial charge in [-0.2, -0.15) is 0 Å². The lowest BCUT2D eigenvalue weighted by Gasteiger charge is -2.39. The first kappa shape index (κ1) is 15.8. The van der Waals surface area contributed by atoms with Crippen molar-refractivity contribution >= 4 is 38.5 Å². The predicted molar refractivity (Wildman–Crippen MR) is 88.6 cm³/mol. The van der Waals surface area contributed by atoms with Gasteiger partial charge in [0.25, 0.3) is 0 Å². The maximum atomic E-state index is 11.5. The Hall–Kier alpha value is -1.62. The molecular weight excluding hydrogens is 332 g/mol. The minimum Gasteiger partial charge on any atom is -0.481 e. The summed E-state index contributed by atoms with van der Waals surface area (Å²) >= 11 is 3.52. The molecule has 21 heavy (non-hydrogen) atoms. The molecule has 0 radical (unpaired) electrons. The van der Waals surface area contributed by atoms with Crippen molar-refractivity contribution in [3.8, 4) is 0 Å². The number of fused-ring (bicyclic) bond motifs is 1. The van der Waals surface area contributed by atoms with Crippen LogP contribution in [0.3, 0.4) is 0 Å². The third-order valence-electron chi connectivity index (χ3n) is 4.28. The van der Waals surface area contributed by atoms with E-state index in [4.69, 9.17) is 0 Å². The summed E-state index contributed by atoms with van der Waals surface area (Å²) in [7, 11) is 0. The molecule has 2 rings (SSSR count). The normalized spacial score (nSPS) is 12.4. The van der Waals surface area contributed by atoms with E-state index in [1.807, 2.05) is 38.1 Å². The van der Waals surface area contributed by atoms with E-state index in [1.165, 1.54) is 0 Å². The summed E-state index contributed by atoms with van der Waals surface area (Å²) in [6.07, 6.45) is 1.72. The highest BCUT2D eigenvalue weighted by molar-refractivity contribution is 9.10. The number of hydrogen-bond donors (Lipinski definition) is 2. The Morgan fingerprint density at radius 3 is 2.48 bits per heavy atom. The Morgan fingerprint density at radius 1 is 1.19 bits per heavy atom. The van der Waals surface area contributed by atoms with Crippen molar-refractivity contribution in [3.05, 3.63) is 34.9 Å². The molecule has 5 heteroatoms. The Bertz CT molecular complexity index is 696. The summed E-state index contributed by atoms with van der Waals surface area (Å²) in [5.74, 6) is -0.158. The molecule has 0 atom stereocenters. The standard InChI is InChI=1S/C16H19BrN2O2/c1-15(2,14(20)21)16(3,4)19-13-11-6-5-7-12(17)10(11)8-9-18-13/h5-9H,1-4H3,(H,18,19)(H,20,21). The molecule has 0 aliphatic rings. The van der Waals surface area contributed by atoms with E-state index in [-0.39, 0.29) is 0 Å². The SMILES string of the molecule is CC(C)(Nc1nccc2c(Br)cccc12)C(C)(C)C(=O)O. The van der Waals surface area contributed by atoms with Crippen LogP contribution in [-0.4, -0.2) is 21.6 Å². The fourth-order valence-corrected chi connectivity index (χ4v) is 2.49. The zero-order valence-electron chi connectivity index (χ0n) is 12.6. The van der Waals surface area contributed by atoms with Crippen molar-refractivity contribution in [3.63, 3.8) is 0 Å². The number of nitrogens with one attached hydrogen (secondary N) is 1. The first-order valence-corrected chi connectivity index (χ1v) is 7.51. The van der Waals surface area contributed by atoms with Crippen LogP contribution in [0.4, 0.5) is 5.82 Å². The number of carboxylic acid groups (broad SMARTS) is 1. The maximum Gasteiger partial charge on any atom is 0.311 e. The van der Waals surface area contributed by atoms with Gasteiger partial charge in [-0.15, -0.1) is 0 Å². The van der Waals surface area contributed by atoms with Crippen molar-refractivity contribution in [2.45, 2.75) is 33.2 Å². The Balaban J connectivity index is 2.50. The summed E-state index contributed by atoms with van der Waals surface area (Å²) in [5, 5.41) is 14.7. The highest BCUT2D eigenvalue weighted by atomic mass is 79.9. The lowest BCUT2D eigenvalue weighted by molar-refractivity contribution is -0.149. The zero-order valence-corrected chi connectivity index (χ0v) is 14.2. The van der Waals surface area contributed by atoms with Gasteiger partial charge in [-0.05, 0) is 39.8 Å². The molecule has 112 valence electrons. The molecule has 2 N–H and O–H groups in total. The molecule has 0 saturated carbocycles. The van der Waals surface area contributed by atoms with Crippen molar-refractivity contribution in [2.75, 3.05) is 5.32 Å². The molecule has 0 unspecified atom stereocenters. The van der Waals surface area contributed by atoms with Gasteiger partial charge in [0.1, 0.15) is 5.82 Å². The van der Waals surface area contributed by atoms with Crippen LogP contribution in [0.25, 0.3) is 10.8 Å². The first-order valence-electron chi connectivity index (χ1n) is 6.71. The predicted octanol–water partition coefficient (Wildman–Crippen LogP) is 4.30. The number of aromatic nitrogens is 1. The van der Waals surface area contributed by atoms with Gasteiger partial charge < -0.3 is 10.4 Å². The summed E-state index contributed by atoms with van der Waals surface area (Å²) < 4.78 is 0.987. The zero-order chi connectivity index (χ0) is 15.8. The maximum absolute atomic E-state index is 11.5. The average Bonchev–Trinajstić information content (AvgIpc) is 2.39. The van der Waals surface area contributed by atoms with Gasteiger partial charge in [0.2, 0.25) is 0 Å². The second kappa shape index (κ2) is 5.30. The fraction of sp³-hybridized carbons (Fsp3) is 0.375. The van der Waals surface area contributed by atoms with E-state index < -0.39 is 16.9 Å². The number of nitrogens with zero attached hydrogens (tertiary/aromatic N) is 1. The monoisotopic (exact) mass is 350 g/mol. The molecule has 0 aliphatic carbocycles. The van der Waals surface area contributed by atoms with Crippen LogP contribution in [0.2, 0.25) is 0 Å². The van der Waals surface area contributed by atoms with Crippen LogP contribution in [0.15, 0.2) is 34.9 Å². The minimum atomic E-state index is -0.942. The molecule has 0 aliphatic heterocycles. The van der Waals surface area contributed by atoms with Crippen molar-refractivity contribution in [1.82, 2.24) is 4.98 Å². The fourth-order valence-electron chi connectivity index (χ4n) is 1.99. The number of aliphatic carboxylic acids is 1. The number of anilines is 1. The van der Waals surface area contributed by atoms with E-state index in [1.54, 1.807) is 20.0 Å². The largest absolute Gasteiger partial charge is 0.481 e. The summed E-state index contributed by atoms with van der Waals surface area (Å²) in [4.78, 5) is 15.9. The molecule has 2 aromatic rings. The Labute approximate surface area is 132 Å². The lowest BCUT2D eigenvalue weighted by Crippen LogP contribution is -2.50. The molecule has 1 aromatic carbocycles. The van der Waals surface area contributed by atoms with Crippen LogP contribution in [0, 0.1) is 5.41 Å². The lowest BCUT2D eigenvalue weighted by atomic mass is 9.74. The summed E-state index contributed by atoms with van der Waals surface area (Å²) in [6.45, 7) is 7.17. The molecule has 0 amide bonds.